The molecule has 5 N–H and O–H groups in total. The van der Waals surface area contributed by atoms with E-state index in [1.165, 1.54) is 6.07 Å². The summed E-state index contributed by atoms with van der Waals surface area (Å²) in [4.78, 5) is 20.4. The molecule has 4 aromatic rings. The van der Waals surface area contributed by atoms with Crippen LogP contribution >= 0.6 is 12.2 Å². The average Bonchev–Trinajstić information content (AvgIpc) is 3.58. The van der Waals surface area contributed by atoms with Gasteiger partial charge in [0.05, 0.1) is 12.0 Å². The Morgan fingerprint density at radius 2 is 1.64 bits per heavy atom. The van der Waals surface area contributed by atoms with E-state index in [0.717, 1.165) is 42.6 Å². The molecule has 232 valence electrons. The van der Waals surface area contributed by atoms with E-state index < -0.39 is 10.0 Å². The Balaban J connectivity index is 1.32. The predicted molar refractivity (Wildman–Crippen MR) is 182 cm³/mol. The first-order valence-corrected chi connectivity index (χ1v) is 16.5. The number of methoxy groups -OCH3 is 1. The third-order valence-corrected chi connectivity index (χ3v) is 9.10. The summed E-state index contributed by atoms with van der Waals surface area (Å²) in [5.41, 5.74) is 10.5. The van der Waals surface area contributed by atoms with Gasteiger partial charge in [-0.25, -0.2) is 23.3 Å². The number of amidine groups is 1. The Hall–Kier alpha value is -4.58. The number of nitrogens with two attached hydrogens (primary N) is 2. The molecule has 0 aliphatic heterocycles. The van der Waals surface area contributed by atoms with Crippen LogP contribution in [0.1, 0.15) is 42.4 Å². The van der Waals surface area contributed by atoms with E-state index >= 15 is 0 Å². The van der Waals surface area contributed by atoms with Crippen LogP contribution in [-0.4, -0.2) is 43.3 Å². The van der Waals surface area contributed by atoms with Crippen molar-refractivity contribution in [3.8, 4) is 16.9 Å². The number of hydrogen-bond acceptors (Lipinski definition) is 5. The number of nitrogens with zero attached hydrogens (tertiary/aromatic N) is 2. The van der Waals surface area contributed by atoms with E-state index in [2.05, 4.69) is 10.3 Å². The van der Waals surface area contributed by atoms with Crippen molar-refractivity contribution in [1.29, 1.82) is 0 Å². The van der Waals surface area contributed by atoms with Gasteiger partial charge in [0.2, 0.25) is 10.0 Å². The maximum absolute atomic E-state index is 13.7. The van der Waals surface area contributed by atoms with Crippen LogP contribution in [0.5, 0.6) is 5.75 Å². The van der Waals surface area contributed by atoms with Crippen LogP contribution in [0.15, 0.2) is 107 Å². The second-order valence-electron chi connectivity index (χ2n) is 10.8. The molecule has 0 aromatic heterocycles. The molecular weight excluding hydrogens is 607 g/mol. The molecule has 45 heavy (non-hydrogen) atoms. The molecule has 11 heteroatoms. The van der Waals surface area contributed by atoms with Gasteiger partial charge in [0.1, 0.15) is 16.6 Å². The zero-order chi connectivity index (χ0) is 32.0. The third kappa shape index (κ3) is 7.93. The van der Waals surface area contributed by atoms with E-state index in [0.29, 0.717) is 39.7 Å². The number of urea groups is 1. The minimum atomic E-state index is -3.89. The number of rotatable bonds is 9. The lowest BCUT2D eigenvalue weighted by Crippen LogP contribution is -2.41. The number of primary sulfonamides is 1. The van der Waals surface area contributed by atoms with Gasteiger partial charge in [-0.05, 0) is 72.5 Å². The van der Waals surface area contributed by atoms with Crippen LogP contribution in [0.4, 0.5) is 10.5 Å². The fourth-order valence-electron chi connectivity index (χ4n) is 5.46. The summed E-state index contributed by atoms with van der Waals surface area (Å²) in [6, 6.07) is 28.5. The zero-order valence-electron chi connectivity index (χ0n) is 24.8. The number of thiocarbonyl (C=S) groups is 1. The number of carbonyl (C=O) groups excluding carboxylic acids is 1. The number of anilines is 1. The van der Waals surface area contributed by atoms with Gasteiger partial charge in [-0.1, -0.05) is 73.6 Å². The van der Waals surface area contributed by atoms with Gasteiger partial charge < -0.3 is 20.7 Å². The fourth-order valence-corrected chi connectivity index (χ4v) is 6.46. The van der Waals surface area contributed by atoms with Crippen LogP contribution in [0.2, 0.25) is 0 Å². The Labute approximate surface area is 269 Å². The molecule has 0 bridgehead atoms. The number of amides is 2. The lowest BCUT2D eigenvalue weighted by molar-refractivity contribution is 0.184. The largest absolute Gasteiger partial charge is 0.497 e. The van der Waals surface area contributed by atoms with Crippen LogP contribution in [0, 0.1) is 0 Å². The smallest absolute Gasteiger partial charge is 0.322 e. The molecule has 0 heterocycles. The lowest BCUT2D eigenvalue weighted by Gasteiger charge is -2.29. The molecule has 0 atom stereocenters. The van der Waals surface area contributed by atoms with E-state index in [4.69, 9.17) is 27.8 Å². The van der Waals surface area contributed by atoms with Gasteiger partial charge in [0.15, 0.2) is 0 Å². The first-order valence-electron chi connectivity index (χ1n) is 14.5. The van der Waals surface area contributed by atoms with Gasteiger partial charge >= 0.3 is 6.03 Å². The molecule has 1 saturated carbocycles. The Kier molecular flexibility index (Phi) is 9.92. The van der Waals surface area contributed by atoms with Crippen molar-refractivity contribution in [2.45, 2.75) is 43.2 Å². The normalized spacial score (nSPS) is 13.8. The summed E-state index contributed by atoms with van der Waals surface area (Å²) in [5.74, 6) is 1.02. The zero-order valence-corrected chi connectivity index (χ0v) is 26.5. The van der Waals surface area contributed by atoms with Crippen molar-refractivity contribution in [2.24, 2.45) is 15.9 Å². The van der Waals surface area contributed by atoms with Crippen molar-refractivity contribution >= 4 is 44.8 Å². The molecule has 0 saturated heterocycles. The minimum Gasteiger partial charge on any atom is -0.497 e. The molecule has 5 rings (SSSR count). The number of benzene rings is 4. The molecule has 1 aliphatic rings. The molecule has 2 amide bonds. The van der Waals surface area contributed by atoms with Gasteiger partial charge in [0, 0.05) is 35.0 Å². The number of carbonyl (C=O) groups is 1. The summed E-state index contributed by atoms with van der Waals surface area (Å²) in [5, 5.41) is 8.44. The van der Waals surface area contributed by atoms with Crippen LogP contribution in [-0.2, 0) is 16.6 Å². The third-order valence-electron chi connectivity index (χ3n) is 7.80. The molecule has 9 nitrogen and oxygen atoms in total. The first-order chi connectivity index (χ1) is 21.6. The van der Waals surface area contributed by atoms with Crippen molar-refractivity contribution < 1.29 is 17.9 Å². The van der Waals surface area contributed by atoms with Crippen molar-refractivity contribution in [2.75, 3.05) is 12.4 Å². The Morgan fingerprint density at radius 3 is 2.31 bits per heavy atom. The number of ether oxygens (including phenoxy) is 1. The summed E-state index contributed by atoms with van der Waals surface area (Å²) < 4.78 is 29.3. The van der Waals surface area contributed by atoms with Crippen molar-refractivity contribution in [3.63, 3.8) is 0 Å². The number of nitrogens with one attached hydrogen (secondary N) is 1. The molecule has 1 aliphatic carbocycles. The predicted octanol–water partition coefficient (Wildman–Crippen LogP) is 6.07. The summed E-state index contributed by atoms with van der Waals surface area (Å²) in [6.45, 7) is 0.389. The van der Waals surface area contributed by atoms with Crippen molar-refractivity contribution in [1.82, 2.24) is 4.90 Å². The van der Waals surface area contributed by atoms with Crippen LogP contribution in [0.25, 0.3) is 11.1 Å². The lowest BCUT2D eigenvalue weighted by atomic mass is 10.1. The summed E-state index contributed by atoms with van der Waals surface area (Å²) in [6.07, 6.45) is 3.98. The van der Waals surface area contributed by atoms with E-state index in [1.54, 1.807) is 49.6 Å². The number of aliphatic imine (C=N–C) groups is 1. The quantitative estimate of drug-likeness (QED) is 0.115. The highest BCUT2D eigenvalue weighted by Gasteiger charge is 2.27. The highest BCUT2D eigenvalue weighted by atomic mass is 32.2. The van der Waals surface area contributed by atoms with Gasteiger partial charge in [-0.15, -0.1) is 0 Å². The molecular formula is C34H35N5O4S2. The first kappa shape index (κ1) is 31.8. The monoisotopic (exact) mass is 641 g/mol. The maximum Gasteiger partial charge on any atom is 0.322 e. The highest BCUT2D eigenvalue weighted by molar-refractivity contribution is 7.89. The van der Waals surface area contributed by atoms with E-state index in [9.17, 15) is 13.2 Å². The van der Waals surface area contributed by atoms with E-state index in [-0.39, 0.29) is 17.0 Å². The number of sulfonamides is 1. The maximum atomic E-state index is 13.7. The van der Waals surface area contributed by atoms with Crippen LogP contribution < -0.4 is 20.9 Å². The fraction of sp³-hybridized carbons (Fsp3) is 0.206. The Morgan fingerprint density at radius 1 is 0.956 bits per heavy atom. The minimum absolute atomic E-state index is 0.0460. The van der Waals surface area contributed by atoms with Gasteiger partial charge in [-0.3, -0.25) is 0 Å². The molecule has 1 fully saturated rings. The summed E-state index contributed by atoms with van der Waals surface area (Å²) in [7, 11) is -2.29. The molecule has 4 aromatic carbocycles. The molecule has 0 spiro atoms. The van der Waals surface area contributed by atoms with E-state index in [1.807, 2.05) is 53.4 Å². The second-order valence-corrected chi connectivity index (χ2v) is 12.8. The molecule has 0 unspecified atom stereocenters. The van der Waals surface area contributed by atoms with Crippen LogP contribution in [0.3, 0.4) is 0 Å². The average molecular weight is 642 g/mol. The van der Waals surface area contributed by atoms with Crippen molar-refractivity contribution in [3.05, 3.63) is 114 Å². The van der Waals surface area contributed by atoms with Gasteiger partial charge in [-0.2, -0.15) is 0 Å². The topological polar surface area (TPSA) is 140 Å². The second kappa shape index (κ2) is 14.0. The SMILES string of the molecule is COc1ccc(C(=S)N=C(N)c2cccc(CN(C(=O)Nc3ccc(-c4ccccc4S(N)(=O)=O)cc3)C3CCCC3)c2)cc1. The summed E-state index contributed by atoms with van der Waals surface area (Å²) >= 11 is 5.50. The molecule has 0 radical (unpaired) electrons. The Bertz CT molecular complexity index is 1820. The number of hydrogen-bond donors (Lipinski definition) is 3. The standard InChI is InChI=1S/C34H35N5O4S2/c1-43-29-19-15-25(16-20-29)33(44)38-32(35)26-8-6-7-23(21-26)22-39(28-9-2-3-10-28)34(40)37-27-17-13-24(14-18-27)30-11-4-5-12-31(30)45(36,41)42/h4-8,11-21,28H,2-3,9-10,22H2,1H3,(H,37,40)(H2,35,38,44)(H2,36,41,42). The highest BCUT2D eigenvalue weighted by Crippen LogP contribution is 2.29. The van der Waals surface area contributed by atoms with Gasteiger partial charge in [0.25, 0.3) is 0 Å².